The SMILES string of the molecule is Cc1ncc2c(n1)CC[C@H](NC(=O)c1ccc3c(c1)CC(C)(C)O3)C2. The molecule has 1 amide bonds. The van der Waals surface area contributed by atoms with Gasteiger partial charge in [-0.2, -0.15) is 0 Å². The van der Waals surface area contributed by atoms with Crippen molar-refractivity contribution in [2.24, 2.45) is 0 Å². The Morgan fingerprint density at radius 1 is 1.32 bits per heavy atom. The molecule has 2 heterocycles. The number of hydrogen-bond donors (Lipinski definition) is 1. The van der Waals surface area contributed by atoms with E-state index in [1.165, 1.54) is 0 Å². The van der Waals surface area contributed by atoms with Crippen LogP contribution in [0, 0.1) is 6.92 Å². The van der Waals surface area contributed by atoms with Gasteiger partial charge in [0.25, 0.3) is 5.91 Å². The first-order chi connectivity index (χ1) is 11.9. The first-order valence-corrected chi connectivity index (χ1v) is 8.84. The van der Waals surface area contributed by atoms with Crippen molar-refractivity contribution in [1.82, 2.24) is 15.3 Å². The lowest BCUT2D eigenvalue weighted by Gasteiger charge is -2.24. The summed E-state index contributed by atoms with van der Waals surface area (Å²) >= 11 is 0. The first-order valence-electron chi connectivity index (χ1n) is 8.84. The minimum atomic E-state index is -0.192. The van der Waals surface area contributed by atoms with Crippen molar-refractivity contribution in [2.45, 2.75) is 58.1 Å². The number of carbonyl (C=O) groups excluding carboxylic acids is 1. The first kappa shape index (κ1) is 16.1. The fourth-order valence-electron chi connectivity index (χ4n) is 3.75. The monoisotopic (exact) mass is 337 g/mol. The molecule has 130 valence electrons. The number of ether oxygens (including phenoxy) is 1. The van der Waals surface area contributed by atoms with Gasteiger partial charge in [-0.3, -0.25) is 4.79 Å². The summed E-state index contributed by atoms with van der Waals surface area (Å²) in [7, 11) is 0. The molecular weight excluding hydrogens is 314 g/mol. The summed E-state index contributed by atoms with van der Waals surface area (Å²) in [5, 5.41) is 3.17. The molecule has 1 N–H and O–H groups in total. The number of aromatic nitrogens is 2. The minimum Gasteiger partial charge on any atom is -0.487 e. The third-order valence-electron chi connectivity index (χ3n) is 4.93. The predicted molar refractivity (Wildman–Crippen MR) is 94.9 cm³/mol. The maximum Gasteiger partial charge on any atom is 0.251 e. The molecule has 1 atom stereocenters. The van der Waals surface area contributed by atoms with Crippen molar-refractivity contribution in [3.05, 3.63) is 52.6 Å². The number of nitrogens with zero attached hydrogens (tertiary/aromatic N) is 2. The molecule has 0 saturated heterocycles. The Balaban J connectivity index is 1.46. The Hall–Kier alpha value is -2.43. The van der Waals surface area contributed by atoms with Gasteiger partial charge in [0.15, 0.2) is 0 Å². The fraction of sp³-hybridized carbons (Fsp3) is 0.450. The van der Waals surface area contributed by atoms with Gasteiger partial charge < -0.3 is 10.1 Å². The van der Waals surface area contributed by atoms with Gasteiger partial charge in [-0.15, -0.1) is 0 Å². The highest BCUT2D eigenvalue weighted by Gasteiger charge is 2.30. The number of rotatable bonds is 2. The van der Waals surface area contributed by atoms with Gasteiger partial charge in [-0.25, -0.2) is 9.97 Å². The van der Waals surface area contributed by atoms with Crippen LogP contribution < -0.4 is 10.1 Å². The molecule has 2 aliphatic rings. The second-order valence-electron chi connectivity index (χ2n) is 7.66. The molecule has 0 spiro atoms. The van der Waals surface area contributed by atoms with Crippen LogP contribution in [0.2, 0.25) is 0 Å². The van der Waals surface area contributed by atoms with Crippen LogP contribution >= 0.6 is 0 Å². The van der Waals surface area contributed by atoms with E-state index in [0.717, 1.165) is 54.1 Å². The molecule has 4 rings (SSSR count). The summed E-state index contributed by atoms with van der Waals surface area (Å²) in [6.07, 6.45) is 5.32. The molecule has 0 unspecified atom stereocenters. The summed E-state index contributed by atoms with van der Waals surface area (Å²) in [6, 6.07) is 5.85. The standard InChI is InChI=1S/C20H23N3O2/c1-12-21-11-15-9-16(5-6-17(15)22-12)23-19(24)13-4-7-18-14(8-13)10-20(2,3)25-18/h4,7-8,11,16H,5-6,9-10H2,1-3H3,(H,23,24)/t16-/m0/s1. The second kappa shape index (κ2) is 5.83. The number of nitrogens with one attached hydrogen (secondary N) is 1. The lowest BCUT2D eigenvalue weighted by atomic mass is 9.92. The normalized spacial score (nSPS) is 20.4. The van der Waals surface area contributed by atoms with E-state index in [-0.39, 0.29) is 17.6 Å². The average Bonchev–Trinajstić information content (AvgIpc) is 2.87. The molecule has 1 aliphatic heterocycles. The van der Waals surface area contributed by atoms with Gasteiger partial charge >= 0.3 is 0 Å². The molecule has 25 heavy (non-hydrogen) atoms. The Bertz CT molecular complexity index is 845. The van der Waals surface area contributed by atoms with E-state index < -0.39 is 0 Å². The van der Waals surface area contributed by atoms with Gasteiger partial charge in [-0.05, 0) is 69.4 Å². The van der Waals surface area contributed by atoms with Crippen molar-refractivity contribution in [3.8, 4) is 5.75 Å². The van der Waals surface area contributed by atoms with Crippen LogP contribution in [-0.2, 0) is 19.3 Å². The van der Waals surface area contributed by atoms with Gasteiger partial charge in [-0.1, -0.05) is 0 Å². The molecule has 0 radical (unpaired) electrons. The molecular formula is C20H23N3O2. The third-order valence-corrected chi connectivity index (χ3v) is 4.93. The fourth-order valence-corrected chi connectivity index (χ4v) is 3.75. The van der Waals surface area contributed by atoms with Crippen LogP contribution in [0.1, 0.15) is 53.3 Å². The van der Waals surface area contributed by atoms with Crippen molar-refractivity contribution in [1.29, 1.82) is 0 Å². The molecule has 1 aromatic heterocycles. The number of carbonyl (C=O) groups is 1. The lowest BCUT2D eigenvalue weighted by molar-refractivity contribution is 0.0933. The summed E-state index contributed by atoms with van der Waals surface area (Å²) in [6.45, 7) is 6.04. The van der Waals surface area contributed by atoms with Crippen LogP contribution in [0.15, 0.2) is 24.4 Å². The highest BCUT2D eigenvalue weighted by Crippen LogP contribution is 2.35. The molecule has 1 aliphatic carbocycles. The van der Waals surface area contributed by atoms with Crippen LogP contribution in [-0.4, -0.2) is 27.5 Å². The highest BCUT2D eigenvalue weighted by molar-refractivity contribution is 5.94. The predicted octanol–water partition coefficient (Wildman–Crippen LogP) is 2.79. The molecule has 5 nitrogen and oxygen atoms in total. The van der Waals surface area contributed by atoms with Crippen LogP contribution in [0.4, 0.5) is 0 Å². The van der Waals surface area contributed by atoms with Crippen LogP contribution in [0.25, 0.3) is 0 Å². The Morgan fingerprint density at radius 2 is 2.16 bits per heavy atom. The van der Waals surface area contributed by atoms with Crippen molar-refractivity contribution < 1.29 is 9.53 Å². The third kappa shape index (κ3) is 3.23. The molecule has 2 aromatic rings. The van der Waals surface area contributed by atoms with Gasteiger partial charge in [0.05, 0.1) is 0 Å². The summed E-state index contributed by atoms with van der Waals surface area (Å²) in [5.74, 6) is 1.68. The number of amides is 1. The van der Waals surface area contributed by atoms with Crippen molar-refractivity contribution >= 4 is 5.91 Å². The van der Waals surface area contributed by atoms with Gasteiger partial charge in [0, 0.05) is 29.9 Å². The zero-order chi connectivity index (χ0) is 17.6. The second-order valence-corrected chi connectivity index (χ2v) is 7.66. The van der Waals surface area contributed by atoms with Crippen molar-refractivity contribution in [2.75, 3.05) is 0 Å². The Kier molecular flexibility index (Phi) is 3.74. The van der Waals surface area contributed by atoms with E-state index in [1.807, 2.05) is 31.3 Å². The molecule has 5 heteroatoms. The summed E-state index contributed by atoms with van der Waals surface area (Å²) in [5.41, 5.74) is 3.88. The van der Waals surface area contributed by atoms with Crippen molar-refractivity contribution in [3.63, 3.8) is 0 Å². The van der Waals surface area contributed by atoms with Gasteiger partial charge in [0.2, 0.25) is 0 Å². The lowest BCUT2D eigenvalue weighted by Crippen LogP contribution is -2.39. The van der Waals surface area contributed by atoms with Crippen LogP contribution in [0.5, 0.6) is 5.75 Å². The molecule has 0 saturated carbocycles. The maximum atomic E-state index is 12.7. The summed E-state index contributed by atoms with van der Waals surface area (Å²) < 4.78 is 5.88. The number of aryl methyl sites for hydroxylation is 2. The number of hydrogen-bond acceptors (Lipinski definition) is 4. The van der Waals surface area contributed by atoms with E-state index in [9.17, 15) is 4.79 Å². The molecule has 1 aromatic carbocycles. The summed E-state index contributed by atoms with van der Waals surface area (Å²) in [4.78, 5) is 21.4. The number of benzene rings is 1. The highest BCUT2D eigenvalue weighted by atomic mass is 16.5. The smallest absolute Gasteiger partial charge is 0.251 e. The largest absolute Gasteiger partial charge is 0.487 e. The Labute approximate surface area is 147 Å². The maximum absolute atomic E-state index is 12.7. The van der Waals surface area contributed by atoms with E-state index in [1.54, 1.807) is 0 Å². The number of fused-ring (bicyclic) bond motifs is 2. The Morgan fingerprint density at radius 3 is 3.00 bits per heavy atom. The van der Waals surface area contributed by atoms with E-state index in [4.69, 9.17) is 4.74 Å². The van der Waals surface area contributed by atoms with E-state index >= 15 is 0 Å². The van der Waals surface area contributed by atoms with Crippen LogP contribution in [0.3, 0.4) is 0 Å². The molecule has 0 bridgehead atoms. The van der Waals surface area contributed by atoms with E-state index in [2.05, 4.69) is 29.1 Å². The minimum absolute atomic E-state index is 0.0195. The zero-order valence-electron chi connectivity index (χ0n) is 14.9. The quantitative estimate of drug-likeness (QED) is 0.915. The average molecular weight is 337 g/mol. The topological polar surface area (TPSA) is 64.1 Å². The molecule has 0 fully saturated rings. The van der Waals surface area contributed by atoms with Gasteiger partial charge in [0.1, 0.15) is 17.2 Å². The zero-order valence-corrected chi connectivity index (χ0v) is 14.9. The van der Waals surface area contributed by atoms with E-state index in [0.29, 0.717) is 5.56 Å².